The van der Waals surface area contributed by atoms with Gasteiger partial charge in [0.05, 0.1) is 11.4 Å². The molecule has 0 amide bonds. The van der Waals surface area contributed by atoms with Crippen LogP contribution < -0.4 is 10.7 Å². The Kier molecular flexibility index (Phi) is 5.19. The second-order valence-electron chi connectivity index (χ2n) is 7.43. The Morgan fingerprint density at radius 3 is 2.63 bits per heavy atom. The number of aromatic nitrogens is 1. The van der Waals surface area contributed by atoms with Gasteiger partial charge in [0.25, 0.3) is 0 Å². The summed E-state index contributed by atoms with van der Waals surface area (Å²) in [7, 11) is 0. The zero-order valence-corrected chi connectivity index (χ0v) is 17.1. The summed E-state index contributed by atoms with van der Waals surface area (Å²) >= 11 is 0. The van der Waals surface area contributed by atoms with Gasteiger partial charge in [-0.1, -0.05) is 18.2 Å². The highest BCUT2D eigenvalue weighted by Gasteiger charge is 2.19. The van der Waals surface area contributed by atoms with Gasteiger partial charge in [-0.2, -0.15) is 0 Å². The topological polar surface area (TPSA) is 72.2 Å². The van der Waals surface area contributed by atoms with Gasteiger partial charge in [-0.05, 0) is 56.7 Å². The molecule has 2 aromatic carbocycles. The lowest BCUT2D eigenvalue weighted by molar-refractivity contribution is 0.112. The highest BCUT2D eigenvalue weighted by atomic mass is 16.3. The predicted octanol–water partition coefficient (Wildman–Crippen LogP) is 5.46. The summed E-state index contributed by atoms with van der Waals surface area (Å²) in [5.74, 6) is 0.520. The zero-order valence-electron chi connectivity index (χ0n) is 17.1. The number of carbonyl (C=O) groups excluding carboxylic acids is 1. The smallest absolute Gasteiger partial charge is 0.196 e. The summed E-state index contributed by atoms with van der Waals surface area (Å²) in [6, 6.07) is 14.7. The minimum Gasteiger partial charge on any atom is -0.455 e. The maximum Gasteiger partial charge on any atom is 0.196 e. The Hall–Kier alpha value is -3.73. The van der Waals surface area contributed by atoms with Crippen molar-refractivity contribution < 1.29 is 9.21 Å². The first-order valence-electron chi connectivity index (χ1n) is 9.78. The van der Waals surface area contributed by atoms with E-state index >= 15 is 0 Å². The number of aryl methyl sites for hydroxylation is 1. The zero-order chi connectivity index (χ0) is 21.3. The number of anilines is 1. The first kappa shape index (κ1) is 19.6. The predicted molar refractivity (Wildman–Crippen MR) is 119 cm³/mol. The normalized spacial score (nSPS) is 12.0. The van der Waals surface area contributed by atoms with E-state index < -0.39 is 0 Å². The Morgan fingerprint density at radius 1 is 1.10 bits per heavy atom. The number of pyridine rings is 1. The molecule has 5 nitrogen and oxygen atoms in total. The first-order chi connectivity index (χ1) is 14.5. The molecule has 4 aromatic rings. The minimum absolute atomic E-state index is 0.0551. The van der Waals surface area contributed by atoms with Gasteiger partial charge in [0.2, 0.25) is 0 Å². The third-order valence-electron chi connectivity index (χ3n) is 5.24. The number of aldehydes is 1. The second-order valence-corrected chi connectivity index (χ2v) is 7.43. The van der Waals surface area contributed by atoms with E-state index in [1.165, 1.54) is 0 Å². The lowest BCUT2D eigenvalue weighted by Crippen LogP contribution is -2.13. The van der Waals surface area contributed by atoms with Gasteiger partial charge in [0, 0.05) is 40.3 Å². The number of hydrogen-bond donors (Lipinski definition) is 1. The fourth-order valence-corrected chi connectivity index (χ4v) is 3.70. The highest BCUT2D eigenvalue weighted by Crippen LogP contribution is 2.32. The molecule has 4 rings (SSSR count). The van der Waals surface area contributed by atoms with Gasteiger partial charge < -0.3 is 9.73 Å². The van der Waals surface area contributed by atoms with Crippen LogP contribution in [-0.4, -0.2) is 11.3 Å². The molecule has 30 heavy (non-hydrogen) atoms. The first-order valence-corrected chi connectivity index (χ1v) is 9.78. The largest absolute Gasteiger partial charge is 0.455 e. The molecule has 2 heterocycles. The number of nitrogens with zero attached hydrogens (tertiary/aromatic N) is 1. The molecule has 2 aromatic heterocycles. The van der Waals surface area contributed by atoms with Gasteiger partial charge in [-0.25, -0.2) is 0 Å². The van der Waals surface area contributed by atoms with Crippen LogP contribution in [0.1, 0.15) is 40.0 Å². The van der Waals surface area contributed by atoms with E-state index in [0.717, 1.165) is 28.7 Å². The Morgan fingerprint density at radius 2 is 1.90 bits per heavy atom. The van der Waals surface area contributed by atoms with E-state index in [-0.39, 0.29) is 11.5 Å². The van der Waals surface area contributed by atoms with E-state index in [1.807, 2.05) is 56.3 Å². The standard InChI is InChI=1S/C25H22N2O3/c1-15-11-20(17(3)27-22-9-5-4-7-19(22)14-28)25-21(12-15)23(29)16(2)24(30-25)18-8-6-10-26-13-18/h4-14,17,27H,1-3H3. The summed E-state index contributed by atoms with van der Waals surface area (Å²) in [5, 5.41) is 3.93. The van der Waals surface area contributed by atoms with Crippen LogP contribution in [0.15, 0.2) is 70.1 Å². The van der Waals surface area contributed by atoms with E-state index in [9.17, 15) is 9.59 Å². The van der Waals surface area contributed by atoms with Crippen LogP contribution in [-0.2, 0) is 0 Å². The van der Waals surface area contributed by atoms with Crippen molar-refractivity contribution in [3.8, 4) is 11.3 Å². The average molecular weight is 398 g/mol. The lowest BCUT2D eigenvalue weighted by atomic mass is 9.99. The molecule has 0 fully saturated rings. The molecule has 0 spiro atoms. The fourth-order valence-electron chi connectivity index (χ4n) is 3.70. The molecule has 5 heteroatoms. The summed E-state index contributed by atoms with van der Waals surface area (Å²) in [6.07, 6.45) is 4.20. The maximum atomic E-state index is 13.2. The molecule has 0 saturated heterocycles. The molecule has 1 N–H and O–H groups in total. The number of carbonyl (C=O) groups is 1. The molecular weight excluding hydrogens is 376 g/mol. The molecule has 0 bridgehead atoms. The fraction of sp³-hybridized carbons (Fsp3) is 0.160. The number of para-hydroxylation sites is 1. The van der Waals surface area contributed by atoms with Crippen LogP contribution in [0.4, 0.5) is 5.69 Å². The molecule has 0 radical (unpaired) electrons. The van der Waals surface area contributed by atoms with Crippen molar-refractivity contribution in [3.63, 3.8) is 0 Å². The lowest BCUT2D eigenvalue weighted by Gasteiger charge is -2.19. The Bertz CT molecular complexity index is 1290. The highest BCUT2D eigenvalue weighted by molar-refractivity contribution is 5.86. The molecule has 0 aliphatic carbocycles. The average Bonchev–Trinajstić information content (AvgIpc) is 2.77. The monoisotopic (exact) mass is 398 g/mol. The summed E-state index contributed by atoms with van der Waals surface area (Å²) in [4.78, 5) is 28.7. The summed E-state index contributed by atoms with van der Waals surface area (Å²) < 4.78 is 6.31. The number of nitrogens with one attached hydrogen (secondary N) is 1. The molecule has 0 aliphatic rings. The number of benzene rings is 2. The number of rotatable bonds is 5. The van der Waals surface area contributed by atoms with Crippen molar-refractivity contribution in [1.82, 2.24) is 4.98 Å². The number of fused-ring (bicyclic) bond motifs is 1. The Labute approximate surface area is 174 Å². The minimum atomic E-state index is -0.193. The van der Waals surface area contributed by atoms with Gasteiger partial charge in [0.1, 0.15) is 11.3 Å². The van der Waals surface area contributed by atoms with Crippen LogP contribution >= 0.6 is 0 Å². The molecule has 0 aliphatic heterocycles. The quantitative estimate of drug-likeness (QED) is 0.452. The summed E-state index contributed by atoms with van der Waals surface area (Å²) in [5.41, 5.74) is 4.93. The number of hydrogen-bond acceptors (Lipinski definition) is 5. The molecule has 1 atom stereocenters. The van der Waals surface area contributed by atoms with E-state index in [2.05, 4.69) is 10.3 Å². The molecule has 150 valence electrons. The van der Waals surface area contributed by atoms with Crippen LogP contribution in [0.25, 0.3) is 22.3 Å². The van der Waals surface area contributed by atoms with Crippen LogP contribution in [0, 0.1) is 13.8 Å². The Balaban J connectivity index is 1.90. The molecule has 1 unspecified atom stereocenters. The van der Waals surface area contributed by atoms with E-state index in [0.29, 0.717) is 27.9 Å². The van der Waals surface area contributed by atoms with Gasteiger partial charge in [-0.15, -0.1) is 0 Å². The van der Waals surface area contributed by atoms with Gasteiger partial charge in [0.15, 0.2) is 11.7 Å². The van der Waals surface area contributed by atoms with Crippen molar-refractivity contribution in [1.29, 1.82) is 0 Å². The third kappa shape index (κ3) is 3.50. The van der Waals surface area contributed by atoms with Crippen molar-refractivity contribution in [2.45, 2.75) is 26.8 Å². The van der Waals surface area contributed by atoms with Crippen molar-refractivity contribution in [3.05, 3.63) is 93.4 Å². The van der Waals surface area contributed by atoms with Crippen molar-refractivity contribution in [2.75, 3.05) is 5.32 Å². The van der Waals surface area contributed by atoms with Crippen LogP contribution in [0.5, 0.6) is 0 Å². The SMILES string of the molecule is Cc1cc(C(C)Nc2ccccc2C=O)c2oc(-c3cccnc3)c(C)c(=O)c2c1. The van der Waals surface area contributed by atoms with Gasteiger partial charge >= 0.3 is 0 Å². The van der Waals surface area contributed by atoms with Crippen LogP contribution in [0.3, 0.4) is 0 Å². The van der Waals surface area contributed by atoms with Crippen molar-refractivity contribution in [2.24, 2.45) is 0 Å². The van der Waals surface area contributed by atoms with E-state index in [4.69, 9.17) is 4.42 Å². The van der Waals surface area contributed by atoms with Crippen LogP contribution in [0.2, 0.25) is 0 Å². The molecule has 0 saturated carbocycles. The summed E-state index contributed by atoms with van der Waals surface area (Å²) in [6.45, 7) is 5.72. The van der Waals surface area contributed by atoms with Gasteiger partial charge in [-0.3, -0.25) is 14.6 Å². The van der Waals surface area contributed by atoms with E-state index in [1.54, 1.807) is 25.4 Å². The second kappa shape index (κ2) is 7.95. The van der Waals surface area contributed by atoms with Crippen molar-refractivity contribution >= 4 is 22.9 Å². The molecular formula is C25H22N2O3. The maximum absolute atomic E-state index is 13.2. The third-order valence-corrected chi connectivity index (χ3v) is 5.24.